The lowest BCUT2D eigenvalue weighted by Gasteiger charge is -2.15. The third-order valence-corrected chi connectivity index (χ3v) is 5.10. The van der Waals surface area contributed by atoms with E-state index < -0.39 is 0 Å². The second-order valence-corrected chi connectivity index (χ2v) is 7.23. The Balaban J connectivity index is 2.00. The first-order valence-corrected chi connectivity index (χ1v) is 8.77. The van der Waals surface area contributed by atoms with Gasteiger partial charge in [-0.1, -0.05) is 13.8 Å². The molecule has 2 aromatic rings. The molecule has 1 aliphatic heterocycles. The molecule has 1 amide bonds. The average Bonchev–Trinajstić information content (AvgIpc) is 2.88. The van der Waals surface area contributed by atoms with Gasteiger partial charge in [-0.3, -0.25) is 4.79 Å². The van der Waals surface area contributed by atoms with Gasteiger partial charge in [0, 0.05) is 10.8 Å². The molecule has 0 spiro atoms. The van der Waals surface area contributed by atoms with Crippen LogP contribution in [0.4, 0.5) is 5.82 Å². The van der Waals surface area contributed by atoms with Crippen LogP contribution in [0.1, 0.15) is 31.1 Å². The maximum Gasteiger partial charge on any atom is 0.235 e. The Labute approximate surface area is 140 Å². The molecule has 1 N–H and O–H groups in total. The van der Waals surface area contributed by atoms with Crippen molar-refractivity contribution in [2.24, 2.45) is 5.92 Å². The molecule has 6 heteroatoms. The Hall–Kier alpha value is -1.95. The number of anilines is 1. The zero-order valence-electron chi connectivity index (χ0n) is 13.6. The Morgan fingerprint density at radius 2 is 2.13 bits per heavy atom. The number of hydrogen-bond donors (Lipinski definition) is 1. The van der Waals surface area contributed by atoms with E-state index in [4.69, 9.17) is 4.74 Å². The molecule has 2 heterocycles. The minimum absolute atomic E-state index is 0.0257. The molecule has 0 bridgehead atoms. The van der Waals surface area contributed by atoms with Gasteiger partial charge in [-0.2, -0.15) is 5.10 Å². The molecule has 1 aliphatic rings. The minimum atomic E-state index is 0.0257. The summed E-state index contributed by atoms with van der Waals surface area (Å²) in [5.74, 6) is 2.66. The highest BCUT2D eigenvalue weighted by Gasteiger charge is 2.27. The molecular weight excluding hydrogens is 310 g/mol. The van der Waals surface area contributed by atoms with E-state index in [2.05, 4.69) is 24.3 Å². The molecular formula is C17H21N3O2S. The molecule has 0 aliphatic carbocycles. The van der Waals surface area contributed by atoms with Gasteiger partial charge in [0.15, 0.2) is 0 Å². The van der Waals surface area contributed by atoms with Gasteiger partial charge in [-0.05, 0) is 36.6 Å². The highest BCUT2D eigenvalue weighted by atomic mass is 32.2. The zero-order valence-corrected chi connectivity index (χ0v) is 14.4. The number of nitrogens with one attached hydrogen (secondary N) is 1. The van der Waals surface area contributed by atoms with E-state index in [1.54, 1.807) is 23.6 Å². The van der Waals surface area contributed by atoms with Gasteiger partial charge < -0.3 is 10.1 Å². The van der Waals surface area contributed by atoms with Crippen LogP contribution in [0, 0.1) is 5.92 Å². The van der Waals surface area contributed by atoms with Crippen LogP contribution in [0.2, 0.25) is 0 Å². The number of carbonyl (C=O) groups is 1. The van der Waals surface area contributed by atoms with E-state index in [1.807, 2.05) is 30.5 Å². The number of rotatable bonds is 4. The van der Waals surface area contributed by atoms with E-state index in [0.29, 0.717) is 11.7 Å². The second-order valence-electron chi connectivity index (χ2n) is 6.04. The largest absolute Gasteiger partial charge is 0.497 e. The number of ether oxygens (including phenoxy) is 1. The van der Waals surface area contributed by atoms with E-state index in [9.17, 15) is 4.79 Å². The molecule has 5 nitrogen and oxygen atoms in total. The van der Waals surface area contributed by atoms with Crippen molar-refractivity contribution in [3.63, 3.8) is 0 Å². The summed E-state index contributed by atoms with van der Waals surface area (Å²) in [5, 5.41) is 7.80. The molecule has 0 fully saturated rings. The van der Waals surface area contributed by atoms with Crippen LogP contribution in [-0.2, 0) is 4.79 Å². The van der Waals surface area contributed by atoms with Crippen molar-refractivity contribution in [1.82, 2.24) is 9.78 Å². The standard InChI is InChI=1S/C17H21N3O2S/c1-11(2)8-15-14-9-18-20(17(14)19-16(21)10-23-15)12-4-6-13(22-3)7-5-12/h4-7,9,11,15H,8,10H2,1-3H3,(H,19,21)/t15-/m1/s1. The monoisotopic (exact) mass is 331 g/mol. The third-order valence-electron chi connectivity index (χ3n) is 3.82. The topological polar surface area (TPSA) is 56.1 Å². The van der Waals surface area contributed by atoms with Gasteiger partial charge in [0.1, 0.15) is 11.6 Å². The number of nitrogens with zero attached hydrogens (tertiary/aromatic N) is 2. The van der Waals surface area contributed by atoms with Crippen LogP contribution in [0.15, 0.2) is 30.5 Å². The molecule has 23 heavy (non-hydrogen) atoms. The van der Waals surface area contributed by atoms with Crippen LogP contribution < -0.4 is 10.1 Å². The summed E-state index contributed by atoms with van der Waals surface area (Å²) in [6, 6.07) is 7.66. The predicted octanol–water partition coefficient (Wildman–Crippen LogP) is 3.65. The van der Waals surface area contributed by atoms with Crippen LogP contribution >= 0.6 is 11.8 Å². The van der Waals surface area contributed by atoms with Crippen molar-refractivity contribution in [2.45, 2.75) is 25.5 Å². The van der Waals surface area contributed by atoms with Crippen molar-refractivity contribution >= 4 is 23.5 Å². The summed E-state index contributed by atoms with van der Waals surface area (Å²) in [4.78, 5) is 12.1. The minimum Gasteiger partial charge on any atom is -0.497 e. The molecule has 1 aromatic carbocycles. The summed E-state index contributed by atoms with van der Waals surface area (Å²) in [7, 11) is 1.64. The molecule has 3 rings (SSSR count). The van der Waals surface area contributed by atoms with Gasteiger partial charge in [0.2, 0.25) is 5.91 Å². The Morgan fingerprint density at radius 1 is 1.39 bits per heavy atom. The Kier molecular flexibility index (Phi) is 4.61. The van der Waals surface area contributed by atoms with Crippen molar-refractivity contribution in [3.05, 3.63) is 36.0 Å². The van der Waals surface area contributed by atoms with Crippen molar-refractivity contribution in [3.8, 4) is 11.4 Å². The smallest absolute Gasteiger partial charge is 0.235 e. The lowest BCUT2D eigenvalue weighted by atomic mass is 10.0. The fourth-order valence-electron chi connectivity index (χ4n) is 2.70. The molecule has 1 atom stereocenters. The van der Waals surface area contributed by atoms with Gasteiger partial charge in [0.05, 0.1) is 24.7 Å². The maximum absolute atomic E-state index is 12.1. The van der Waals surface area contributed by atoms with E-state index in [1.165, 1.54) is 0 Å². The third kappa shape index (κ3) is 3.37. The Morgan fingerprint density at radius 3 is 2.78 bits per heavy atom. The summed E-state index contributed by atoms with van der Waals surface area (Å²) in [5.41, 5.74) is 2.01. The van der Waals surface area contributed by atoms with Crippen LogP contribution in [-0.4, -0.2) is 28.6 Å². The lowest BCUT2D eigenvalue weighted by Crippen LogP contribution is -2.15. The average molecular weight is 331 g/mol. The maximum atomic E-state index is 12.1. The van der Waals surface area contributed by atoms with E-state index in [-0.39, 0.29) is 11.2 Å². The van der Waals surface area contributed by atoms with Crippen LogP contribution in [0.5, 0.6) is 5.75 Å². The number of hydrogen-bond acceptors (Lipinski definition) is 4. The molecule has 0 radical (unpaired) electrons. The lowest BCUT2D eigenvalue weighted by molar-refractivity contribution is -0.113. The first-order chi connectivity index (χ1) is 11.1. The van der Waals surface area contributed by atoms with Gasteiger partial charge in [-0.25, -0.2) is 4.68 Å². The van der Waals surface area contributed by atoms with E-state index >= 15 is 0 Å². The number of carbonyl (C=O) groups excluding carboxylic acids is 1. The first-order valence-electron chi connectivity index (χ1n) is 7.72. The van der Waals surface area contributed by atoms with Crippen LogP contribution in [0.25, 0.3) is 5.69 Å². The SMILES string of the molecule is COc1ccc(-n2ncc3c2NC(=O)CS[C@@H]3CC(C)C)cc1. The first kappa shape index (κ1) is 15.9. The van der Waals surface area contributed by atoms with Crippen LogP contribution in [0.3, 0.4) is 0 Å². The normalized spacial score (nSPS) is 17.6. The quantitative estimate of drug-likeness (QED) is 0.929. The molecule has 0 saturated heterocycles. The van der Waals surface area contributed by atoms with Gasteiger partial charge in [0.25, 0.3) is 0 Å². The summed E-state index contributed by atoms with van der Waals surface area (Å²) in [6.07, 6.45) is 2.91. The molecule has 0 saturated carbocycles. The zero-order chi connectivity index (χ0) is 16.4. The number of methoxy groups -OCH3 is 1. The Bertz CT molecular complexity index is 694. The number of amides is 1. The number of fused-ring (bicyclic) bond motifs is 1. The highest BCUT2D eigenvalue weighted by molar-refractivity contribution is 8.00. The van der Waals surface area contributed by atoms with Gasteiger partial charge >= 0.3 is 0 Å². The van der Waals surface area contributed by atoms with Gasteiger partial charge in [-0.15, -0.1) is 11.8 Å². The number of aromatic nitrogens is 2. The molecule has 0 unspecified atom stereocenters. The fourth-order valence-corrected chi connectivity index (χ4v) is 4.00. The molecule has 122 valence electrons. The van der Waals surface area contributed by atoms with E-state index in [0.717, 1.165) is 29.2 Å². The van der Waals surface area contributed by atoms with Crippen molar-refractivity contribution in [1.29, 1.82) is 0 Å². The van der Waals surface area contributed by atoms with Crippen molar-refractivity contribution < 1.29 is 9.53 Å². The molecule has 1 aromatic heterocycles. The highest BCUT2D eigenvalue weighted by Crippen LogP contribution is 2.41. The number of benzene rings is 1. The summed E-state index contributed by atoms with van der Waals surface area (Å²) in [6.45, 7) is 4.41. The summed E-state index contributed by atoms with van der Waals surface area (Å²) >= 11 is 1.69. The summed E-state index contributed by atoms with van der Waals surface area (Å²) < 4.78 is 6.99. The second kappa shape index (κ2) is 6.66. The predicted molar refractivity (Wildman–Crippen MR) is 93.4 cm³/mol. The fraction of sp³-hybridized carbons (Fsp3) is 0.412. The van der Waals surface area contributed by atoms with Crippen molar-refractivity contribution in [2.75, 3.05) is 18.2 Å². The number of thioether (sulfide) groups is 1.